The molecule has 4 nitrogen and oxygen atoms in total. The first-order valence-electron chi connectivity index (χ1n) is 5.04. The van der Waals surface area contributed by atoms with Crippen LogP contribution < -0.4 is 11.3 Å². The molecule has 0 amide bonds. The lowest BCUT2D eigenvalue weighted by atomic mass is 10.1. The van der Waals surface area contributed by atoms with Crippen LogP contribution in [0.3, 0.4) is 0 Å². The molecule has 0 atom stereocenters. The summed E-state index contributed by atoms with van der Waals surface area (Å²) in [5.74, 6) is 0. The quantitative estimate of drug-likeness (QED) is 0.809. The molecule has 82 valence electrons. The highest BCUT2D eigenvalue weighted by atomic mass is 16.1. The minimum atomic E-state index is -0.112. The molecule has 2 aromatic rings. The Kier molecular flexibility index (Phi) is 2.83. The average molecular weight is 215 g/mol. The zero-order chi connectivity index (χ0) is 11.5. The Morgan fingerprint density at radius 3 is 2.81 bits per heavy atom. The van der Waals surface area contributed by atoms with Crippen LogP contribution in [-0.4, -0.2) is 9.78 Å². The molecule has 0 saturated heterocycles. The molecule has 1 aromatic carbocycles. The van der Waals surface area contributed by atoms with Crippen molar-refractivity contribution in [3.05, 3.63) is 52.3 Å². The summed E-state index contributed by atoms with van der Waals surface area (Å²) in [6.07, 6.45) is 0. The van der Waals surface area contributed by atoms with Gasteiger partial charge in [-0.05, 0) is 17.7 Å². The molecule has 4 heteroatoms. The Hall–Kier alpha value is -1.94. The molecule has 1 aromatic heterocycles. The van der Waals surface area contributed by atoms with Gasteiger partial charge in [-0.25, -0.2) is 4.68 Å². The maximum absolute atomic E-state index is 11.2. The Morgan fingerprint density at radius 1 is 1.31 bits per heavy atom. The molecule has 2 N–H and O–H groups in total. The van der Waals surface area contributed by atoms with Gasteiger partial charge in [-0.2, -0.15) is 5.10 Å². The topological polar surface area (TPSA) is 60.9 Å². The average Bonchev–Trinajstić information content (AvgIpc) is 2.33. The Morgan fingerprint density at radius 2 is 2.12 bits per heavy atom. The Bertz CT molecular complexity index is 560. The zero-order valence-corrected chi connectivity index (χ0v) is 9.05. The van der Waals surface area contributed by atoms with Gasteiger partial charge in [0.15, 0.2) is 0 Å². The molecule has 0 fully saturated rings. The summed E-state index contributed by atoms with van der Waals surface area (Å²) in [6, 6.07) is 11.1. The normalized spacial score (nSPS) is 10.4. The van der Waals surface area contributed by atoms with Gasteiger partial charge in [0.2, 0.25) is 0 Å². The summed E-state index contributed by atoms with van der Waals surface area (Å²) < 4.78 is 1.32. The Balaban J connectivity index is 2.50. The van der Waals surface area contributed by atoms with Crippen molar-refractivity contribution in [2.24, 2.45) is 12.8 Å². The lowest BCUT2D eigenvalue weighted by Gasteiger charge is -2.04. The molecule has 0 bridgehead atoms. The van der Waals surface area contributed by atoms with Gasteiger partial charge < -0.3 is 5.73 Å². The van der Waals surface area contributed by atoms with Crippen molar-refractivity contribution in [1.29, 1.82) is 0 Å². The van der Waals surface area contributed by atoms with Gasteiger partial charge in [0.05, 0.1) is 5.69 Å². The number of nitrogens with zero attached hydrogens (tertiary/aromatic N) is 2. The van der Waals surface area contributed by atoms with E-state index in [1.165, 1.54) is 10.7 Å². The van der Waals surface area contributed by atoms with Gasteiger partial charge in [-0.1, -0.05) is 18.2 Å². The SMILES string of the molecule is Cn1nc(-c2cccc(CN)c2)ccc1=O. The van der Waals surface area contributed by atoms with Crippen molar-refractivity contribution in [1.82, 2.24) is 9.78 Å². The highest BCUT2D eigenvalue weighted by molar-refractivity contribution is 5.59. The van der Waals surface area contributed by atoms with E-state index in [4.69, 9.17) is 5.73 Å². The van der Waals surface area contributed by atoms with Crippen molar-refractivity contribution in [3.8, 4) is 11.3 Å². The van der Waals surface area contributed by atoms with E-state index in [1.807, 2.05) is 24.3 Å². The standard InChI is InChI=1S/C12H13N3O/c1-15-12(16)6-5-11(14-15)10-4-2-3-9(7-10)8-13/h2-7H,8,13H2,1H3. The number of benzene rings is 1. The van der Waals surface area contributed by atoms with Crippen molar-refractivity contribution in [2.75, 3.05) is 0 Å². The molecule has 0 spiro atoms. The molecular formula is C12H13N3O. The van der Waals surface area contributed by atoms with E-state index in [0.29, 0.717) is 6.54 Å². The van der Waals surface area contributed by atoms with Crippen LogP contribution in [0, 0.1) is 0 Å². The summed E-state index contributed by atoms with van der Waals surface area (Å²) in [4.78, 5) is 11.2. The number of aryl methyl sites for hydroxylation is 1. The van der Waals surface area contributed by atoms with Crippen LogP contribution in [-0.2, 0) is 13.6 Å². The fraction of sp³-hybridized carbons (Fsp3) is 0.167. The summed E-state index contributed by atoms with van der Waals surface area (Å²) >= 11 is 0. The number of rotatable bonds is 2. The molecule has 0 radical (unpaired) electrons. The van der Waals surface area contributed by atoms with Gasteiger partial charge in [-0.3, -0.25) is 4.79 Å². The van der Waals surface area contributed by atoms with Crippen LogP contribution in [0.5, 0.6) is 0 Å². The first kappa shape index (κ1) is 10.6. The van der Waals surface area contributed by atoms with Crippen LogP contribution in [0.15, 0.2) is 41.2 Å². The largest absolute Gasteiger partial charge is 0.326 e. The molecule has 0 aliphatic rings. The lowest BCUT2D eigenvalue weighted by Crippen LogP contribution is -2.18. The number of aromatic nitrogens is 2. The predicted molar refractivity (Wildman–Crippen MR) is 62.8 cm³/mol. The maximum Gasteiger partial charge on any atom is 0.266 e. The van der Waals surface area contributed by atoms with E-state index >= 15 is 0 Å². The van der Waals surface area contributed by atoms with Gasteiger partial charge in [-0.15, -0.1) is 0 Å². The van der Waals surface area contributed by atoms with Crippen LogP contribution in [0.25, 0.3) is 11.3 Å². The second-order valence-corrected chi connectivity index (χ2v) is 3.58. The fourth-order valence-corrected chi connectivity index (χ4v) is 1.51. The highest BCUT2D eigenvalue weighted by Crippen LogP contribution is 2.16. The number of hydrogen-bond acceptors (Lipinski definition) is 3. The van der Waals surface area contributed by atoms with Crippen LogP contribution in [0.4, 0.5) is 0 Å². The van der Waals surface area contributed by atoms with Crippen LogP contribution in [0.2, 0.25) is 0 Å². The lowest BCUT2D eigenvalue weighted by molar-refractivity contribution is 0.712. The van der Waals surface area contributed by atoms with E-state index in [2.05, 4.69) is 5.10 Å². The molecule has 0 saturated carbocycles. The monoisotopic (exact) mass is 215 g/mol. The van der Waals surface area contributed by atoms with Gasteiger partial charge in [0.1, 0.15) is 0 Å². The zero-order valence-electron chi connectivity index (χ0n) is 9.05. The number of hydrogen-bond donors (Lipinski definition) is 1. The molecular weight excluding hydrogens is 202 g/mol. The van der Waals surface area contributed by atoms with E-state index in [-0.39, 0.29) is 5.56 Å². The van der Waals surface area contributed by atoms with Gasteiger partial charge in [0.25, 0.3) is 5.56 Å². The second-order valence-electron chi connectivity index (χ2n) is 3.58. The van der Waals surface area contributed by atoms with Crippen molar-refractivity contribution >= 4 is 0 Å². The molecule has 2 rings (SSSR count). The van der Waals surface area contributed by atoms with Crippen molar-refractivity contribution in [3.63, 3.8) is 0 Å². The van der Waals surface area contributed by atoms with Crippen LogP contribution >= 0.6 is 0 Å². The third-order valence-electron chi connectivity index (χ3n) is 2.42. The van der Waals surface area contributed by atoms with Gasteiger partial charge >= 0.3 is 0 Å². The van der Waals surface area contributed by atoms with Gasteiger partial charge in [0, 0.05) is 25.2 Å². The molecule has 0 unspecified atom stereocenters. The summed E-state index contributed by atoms with van der Waals surface area (Å²) in [5, 5.41) is 4.18. The first-order chi connectivity index (χ1) is 7.70. The minimum Gasteiger partial charge on any atom is -0.326 e. The van der Waals surface area contributed by atoms with E-state index in [0.717, 1.165) is 16.8 Å². The number of nitrogens with two attached hydrogens (primary N) is 1. The highest BCUT2D eigenvalue weighted by Gasteiger charge is 2.01. The second kappa shape index (κ2) is 4.28. The third-order valence-corrected chi connectivity index (χ3v) is 2.42. The summed E-state index contributed by atoms with van der Waals surface area (Å²) in [7, 11) is 1.64. The molecule has 16 heavy (non-hydrogen) atoms. The molecule has 0 aliphatic heterocycles. The first-order valence-corrected chi connectivity index (χ1v) is 5.04. The van der Waals surface area contributed by atoms with Crippen molar-refractivity contribution in [2.45, 2.75) is 6.54 Å². The van der Waals surface area contributed by atoms with E-state index < -0.39 is 0 Å². The van der Waals surface area contributed by atoms with Crippen molar-refractivity contribution < 1.29 is 0 Å². The maximum atomic E-state index is 11.2. The predicted octanol–water partition coefficient (Wildman–Crippen LogP) is 0.906. The fourth-order valence-electron chi connectivity index (χ4n) is 1.51. The van der Waals surface area contributed by atoms with E-state index in [1.54, 1.807) is 13.1 Å². The molecule has 1 heterocycles. The molecule has 0 aliphatic carbocycles. The summed E-state index contributed by atoms with van der Waals surface area (Å²) in [6.45, 7) is 0.500. The van der Waals surface area contributed by atoms with Crippen LogP contribution in [0.1, 0.15) is 5.56 Å². The minimum absolute atomic E-state index is 0.112. The Labute approximate surface area is 93.3 Å². The summed E-state index contributed by atoms with van der Waals surface area (Å²) in [5.41, 5.74) is 8.26. The smallest absolute Gasteiger partial charge is 0.266 e. The third kappa shape index (κ3) is 2.01. The van der Waals surface area contributed by atoms with E-state index in [9.17, 15) is 4.79 Å².